The number of benzene rings is 2. The molecule has 0 saturated carbocycles. The van der Waals surface area contributed by atoms with Crippen molar-refractivity contribution in [2.45, 2.75) is 13.1 Å². The van der Waals surface area contributed by atoms with Crippen molar-refractivity contribution in [3.63, 3.8) is 0 Å². The Bertz CT molecular complexity index is 825. The highest BCUT2D eigenvalue weighted by Gasteiger charge is 2.16. The van der Waals surface area contributed by atoms with E-state index in [1.807, 2.05) is 66.7 Å². The molecular weight excluding hydrogens is 334 g/mol. The lowest BCUT2D eigenvalue weighted by Crippen LogP contribution is -2.34. The maximum absolute atomic E-state index is 12.8. The average Bonchev–Trinajstić information content (AvgIpc) is 2.64. The second-order valence-electron chi connectivity index (χ2n) is 5.60. The Hall–Kier alpha value is -2.85. The van der Waals surface area contributed by atoms with E-state index in [1.165, 1.54) is 0 Å². The summed E-state index contributed by atoms with van der Waals surface area (Å²) < 4.78 is 0. The lowest BCUT2D eigenvalue weighted by Gasteiger charge is -2.24. The molecule has 0 aliphatic rings. The van der Waals surface area contributed by atoms with Gasteiger partial charge >= 0.3 is 6.03 Å². The largest absolute Gasteiger partial charge is 0.322 e. The standard InChI is InChI=1S/C20H18ClN3O/c21-19-11-5-4-8-17(19)15-24(14-16-7-6-12-22-13-16)20(25)23-18-9-2-1-3-10-18/h1-13H,14-15H2,(H,23,25). The van der Waals surface area contributed by atoms with E-state index in [0.29, 0.717) is 18.1 Å². The first-order chi connectivity index (χ1) is 12.2. The predicted octanol–water partition coefficient (Wildman–Crippen LogP) is 4.97. The predicted molar refractivity (Wildman–Crippen MR) is 100 cm³/mol. The molecule has 1 heterocycles. The molecule has 4 nitrogen and oxygen atoms in total. The molecule has 2 amide bonds. The first kappa shape index (κ1) is 17.0. The normalized spacial score (nSPS) is 10.3. The van der Waals surface area contributed by atoms with Crippen LogP contribution in [0.1, 0.15) is 11.1 Å². The van der Waals surface area contributed by atoms with Gasteiger partial charge in [0.25, 0.3) is 0 Å². The number of halogens is 1. The van der Waals surface area contributed by atoms with Crippen molar-refractivity contribution in [3.8, 4) is 0 Å². The van der Waals surface area contributed by atoms with E-state index >= 15 is 0 Å². The van der Waals surface area contributed by atoms with E-state index in [4.69, 9.17) is 11.6 Å². The van der Waals surface area contributed by atoms with Crippen LogP contribution in [0.4, 0.5) is 10.5 Å². The summed E-state index contributed by atoms with van der Waals surface area (Å²) in [5.41, 5.74) is 2.61. The van der Waals surface area contributed by atoms with Gasteiger partial charge in [0.2, 0.25) is 0 Å². The van der Waals surface area contributed by atoms with Crippen molar-refractivity contribution in [2.75, 3.05) is 5.32 Å². The molecule has 0 aliphatic heterocycles. The van der Waals surface area contributed by atoms with Crippen LogP contribution in [-0.2, 0) is 13.1 Å². The maximum atomic E-state index is 12.8. The zero-order valence-electron chi connectivity index (χ0n) is 13.6. The summed E-state index contributed by atoms with van der Waals surface area (Å²) in [6.07, 6.45) is 3.47. The number of urea groups is 1. The summed E-state index contributed by atoms with van der Waals surface area (Å²) in [5, 5.41) is 3.57. The Morgan fingerprint density at radius 2 is 1.72 bits per heavy atom. The smallest absolute Gasteiger partial charge is 0.316 e. The fourth-order valence-electron chi connectivity index (χ4n) is 2.47. The second-order valence-corrected chi connectivity index (χ2v) is 6.01. The monoisotopic (exact) mass is 351 g/mol. The Kier molecular flexibility index (Phi) is 5.65. The van der Waals surface area contributed by atoms with Crippen LogP contribution >= 0.6 is 11.6 Å². The molecule has 1 aromatic heterocycles. The van der Waals surface area contributed by atoms with Crippen LogP contribution in [0.5, 0.6) is 0 Å². The zero-order chi connectivity index (χ0) is 17.5. The molecular formula is C20H18ClN3O. The first-order valence-corrected chi connectivity index (χ1v) is 8.33. The molecule has 3 aromatic rings. The van der Waals surface area contributed by atoms with E-state index in [2.05, 4.69) is 10.3 Å². The van der Waals surface area contributed by atoms with Crippen LogP contribution in [0.2, 0.25) is 5.02 Å². The highest BCUT2D eigenvalue weighted by atomic mass is 35.5. The van der Waals surface area contributed by atoms with Crippen LogP contribution in [0, 0.1) is 0 Å². The van der Waals surface area contributed by atoms with Crippen molar-refractivity contribution in [1.82, 2.24) is 9.88 Å². The van der Waals surface area contributed by atoms with Crippen LogP contribution in [-0.4, -0.2) is 15.9 Å². The third-order valence-electron chi connectivity index (χ3n) is 3.73. The summed E-state index contributed by atoms with van der Waals surface area (Å²) in [6, 6.07) is 20.6. The third kappa shape index (κ3) is 4.81. The van der Waals surface area contributed by atoms with Gasteiger partial charge < -0.3 is 10.2 Å². The number of hydrogen-bond donors (Lipinski definition) is 1. The van der Waals surface area contributed by atoms with E-state index in [9.17, 15) is 4.79 Å². The first-order valence-electron chi connectivity index (χ1n) is 7.95. The van der Waals surface area contributed by atoms with Gasteiger partial charge in [0.15, 0.2) is 0 Å². The van der Waals surface area contributed by atoms with Crippen molar-refractivity contribution < 1.29 is 4.79 Å². The number of amides is 2. The molecule has 0 unspecified atom stereocenters. The van der Waals surface area contributed by atoms with E-state index in [1.54, 1.807) is 17.3 Å². The van der Waals surface area contributed by atoms with Gasteiger partial charge in [0, 0.05) is 36.2 Å². The molecule has 5 heteroatoms. The number of anilines is 1. The third-order valence-corrected chi connectivity index (χ3v) is 4.10. The van der Waals surface area contributed by atoms with Gasteiger partial charge in [-0.3, -0.25) is 4.98 Å². The van der Waals surface area contributed by atoms with Gasteiger partial charge in [-0.2, -0.15) is 0 Å². The minimum atomic E-state index is -0.185. The van der Waals surface area contributed by atoms with Gasteiger partial charge in [-0.25, -0.2) is 4.79 Å². The quantitative estimate of drug-likeness (QED) is 0.705. The number of pyridine rings is 1. The van der Waals surface area contributed by atoms with Crippen LogP contribution in [0.3, 0.4) is 0 Å². The minimum Gasteiger partial charge on any atom is -0.316 e. The Labute approximate surface area is 152 Å². The van der Waals surface area contributed by atoms with Gasteiger partial charge in [0.1, 0.15) is 0 Å². The number of aromatic nitrogens is 1. The highest BCUT2D eigenvalue weighted by molar-refractivity contribution is 6.31. The molecule has 0 bridgehead atoms. The van der Waals surface area contributed by atoms with E-state index in [-0.39, 0.29) is 6.03 Å². The van der Waals surface area contributed by atoms with Crippen LogP contribution < -0.4 is 5.32 Å². The van der Waals surface area contributed by atoms with Crippen molar-refractivity contribution in [2.24, 2.45) is 0 Å². The average molecular weight is 352 g/mol. The summed E-state index contributed by atoms with van der Waals surface area (Å²) in [4.78, 5) is 18.6. The molecule has 3 rings (SSSR count). The summed E-state index contributed by atoms with van der Waals surface area (Å²) in [5.74, 6) is 0. The molecule has 0 fully saturated rings. The topological polar surface area (TPSA) is 45.2 Å². The SMILES string of the molecule is O=C(Nc1ccccc1)N(Cc1cccnc1)Cc1ccccc1Cl. The van der Waals surface area contributed by atoms with Gasteiger partial charge in [-0.05, 0) is 35.4 Å². The highest BCUT2D eigenvalue weighted by Crippen LogP contribution is 2.19. The Balaban J connectivity index is 1.80. The van der Waals surface area contributed by atoms with Gasteiger partial charge in [0.05, 0.1) is 0 Å². The van der Waals surface area contributed by atoms with Gasteiger partial charge in [-0.15, -0.1) is 0 Å². The lowest BCUT2D eigenvalue weighted by atomic mass is 10.2. The zero-order valence-corrected chi connectivity index (χ0v) is 14.4. The molecule has 0 aliphatic carbocycles. The van der Waals surface area contributed by atoms with Crippen molar-refractivity contribution >= 4 is 23.3 Å². The number of nitrogens with zero attached hydrogens (tertiary/aromatic N) is 2. The number of nitrogens with one attached hydrogen (secondary N) is 1. The summed E-state index contributed by atoms with van der Waals surface area (Å²) >= 11 is 6.27. The van der Waals surface area contributed by atoms with E-state index in [0.717, 1.165) is 16.8 Å². The number of hydrogen-bond acceptors (Lipinski definition) is 2. The maximum Gasteiger partial charge on any atom is 0.322 e. The minimum absolute atomic E-state index is 0.185. The molecule has 0 radical (unpaired) electrons. The molecule has 126 valence electrons. The fraction of sp³-hybridized carbons (Fsp3) is 0.100. The number of carbonyl (C=O) groups is 1. The van der Waals surface area contributed by atoms with Crippen LogP contribution in [0.25, 0.3) is 0 Å². The van der Waals surface area contributed by atoms with E-state index < -0.39 is 0 Å². The second kappa shape index (κ2) is 8.31. The lowest BCUT2D eigenvalue weighted by molar-refractivity contribution is 0.206. The number of carbonyl (C=O) groups excluding carboxylic acids is 1. The molecule has 2 aromatic carbocycles. The molecule has 0 atom stereocenters. The van der Waals surface area contributed by atoms with Gasteiger partial charge in [-0.1, -0.05) is 54.1 Å². The number of para-hydroxylation sites is 1. The Morgan fingerprint density at radius 3 is 2.44 bits per heavy atom. The fourth-order valence-corrected chi connectivity index (χ4v) is 2.66. The molecule has 25 heavy (non-hydrogen) atoms. The summed E-state index contributed by atoms with van der Waals surface area (Å²) in [6.45, 7) is 0.852. The molecule has 0 saturated heterocycles. The molecule has 1 N–H and O–H groups in total. The van der Waals surface area contributed by atoms with Crippen LogP contribution in [0.15, 0.2) is 79.1 Å². The summed E-state index contributed by atoms with van der Waals surface area (Å²) in [7, 11) is 0. The molecule has 0 spiro atoms. The Morgan fingerprint density at radius 1 is 0.960 bits per heavy atom. The van der Waals surface area contributed by atoms with Crippen molar-refractivity contribution in [3.05, 3.63) is 95.3 Å². The number of rotatable bonds is 5. The van der Waals surface area contributed by atoms with Crippen molar-refractivity contribution in [1.29, 1.82) is 0 Å².